The average molecular weight is 234 g/mol. The summed E-state index contributed by atoms with van der Waals surface area (Å²) in [5, 5.41) is 13.5. The molecule has 16 heavy (non-hydrogen) atoms. The van der Waals surface area contributed by atoms with Crippen molar-refractivity contribution in [2.24, 2.45) is 0 Å². The summed E-state index contributed by atoms with van der Waals surface area (Å²) in [6.45, 7) is 5.72. The van der Waals surface area contributed by atoms with Crippen LogP contribution in [0, 0.1) is 0 Å². The predicted octanol–water partition coefficient (Wildman–Crippen LogP) is 3.27. The zero-order valence-electron chi connectivity index (χ0n) is 8.94. The zero-order chi connectivity index (χ0) is 11.5. The van der Waals surface area contributed by atoms with Crippen LogP contribution in [-0.2, 0) is 0 Å². The normalized spacial score (nSPS) is 12.4. The van der Waals surface area contributed by atoms with E-state index in [2.05, 4.69) is 22.1 Å². The van der Waals surface area contributed by atoms with Crippen molar-refractivity contribution in [2.75, 3.05) is 5.32 Å². The first-order valence-electron chi connectivity index (χ1n) is 5.02. The lowest BCUT2D eigenvalue weighted by Crippen LogP contribution is -2.13. The largest absolute Gasteiger partial charge is 0.362 e. The lowest BCUT2D eigenvalue weighted by Gasteiger charge is -2.11. The van der Waals surface area contributed by atoms with E-state index in [1.54, 1.807) is 0 Å². The van der Waals surface area contributed by atoms with Gasteiger partial charge in [0, 0.05) is 16.8 Å². The first-order chi connectivity index (χ1) is 7.72. The van der Waals surface area contributed by atoms with Crippen molar-refractivity contribution in [1.29, 1.82) is 0 Å². The van der Waals surface area contributed by atoms with E-state index in [1.807, 2.05) is 37.3 Å². The fourth-order valence-electron chi connectivity index (χ4n) is 1.45. The summed E-state index contributed by atoms with van der Waals surface area (Å²) in [4.78, 5) is 0. The Hall–Kier alpha value is -1.61. The molecular formula is C12H12ClN3. The quantitative estimate of drug-likeness (QED) is 0.827. The van der Waals surface area contributed by atoms with Gasteiger partial charge in [-0.3, -0.25) is 0 Å². The molecule has 2 aromatic rings. The predicted molar refractivity (Wildman–Crippen MR) is 67.8 cm³/mol. The molecule has 0 radical (unpaired) electrons. The highest BCUT2D eigenvalue weighted by molar-refractivity contribution is 6.34. The van der Waals surface area contributed by atoms with Crippen LogP contribution in [0.3, 0.4) is 0 Å². The zero-order valence-corrected chi connectivity index (χ0v) is 9.70. The molecule has 0 fully saturated rings. The maximum Gasteiger partial charge on any atom is 0.159 e. The van der Waals surface area contributed by atoms with Gasteiger partial charge in [-0.25, -0.2) is 0 Å². The van der Waals surface area contributed by atoms with E-state index in [4.69, 9.17) is 11.6 Å². The number of halogens is 1. The van der Waals surface area contributed by atoms with Crippen LogP contribution >= 0.6 is 11.6 Å². The Morgan fingerprint density at radius 3 is 2.69 bits per heavy atom. The summed E-state index contributed by atoms with van der Waals surface area (Å²) in [6, 6.07) is 7.91. The molecule has 1 aromatic heterocycles. The smallest absolute Gasteiger partial charge is 0.159 e. The second-order valence-corrected chi connectivity index (χ2v) is 3.91. The number of nitrogens with zero attached hydrogens (tertiary/aromatic N) is 2. The molecule has 0 aliphatic heterocycles. The van der Waals surface area contributed by atoms with Crippen LogP contribution in [0.1, 0.15) is 6.92 Å². The summed E-state index contributed by atoms with van der Waals surface area (Å²) in [5.41, 5.74) is 0. The number of anilines is 1. The molecule has 1 unspecified atom stereocenters. The Morgan fingerprint density at radius 1 is 1.31 bits per heavy atom. The molecule has 0 saturated carbocycles. The van der Waals surface area contributed by atoms with Gasteiger partial charge in [0.15, 0.2) is 11.0 Å². The van der Waals surface area contributed by atoms with Gasteiger partial charge in [-0.05, 0) is 6.92 Å². The highest BCUT2D eigenvalue weighted by Crippen LogP contribution is 2.25. The van der Waals surface area contributed by atoms with E-state index in [-0.39, 0.29) is 6.04 Å². The van der Waals surface area contributed by atoms with E-state index in [0.717, 1.165) is 16.6 Å². The Labute approximate surface area is 99.1 Å². The van der Waals surface area contributed by atoms with Crippen LogP contribution in [0.4, 0.5) is 5.82 Å². The van der Waals surface area contributed by atoms with Crippen LogP contribution in [0.15, 0.2) is 36.9 Å². The first kappa shape index (κ1) is 10.9. The third-order valence-electron chi connectivity index (χ3n) is 2.36. The molecule has 0 saturated heterocycles. The van der Waals surface area contributed by atoms with Crippen molar-refractivity contribution in [3.05, 3.63) is 42.1 Å². The molecule has 3 nitrogen and oxygen atoms in total. The van der Waals surface area contributed by atoms with Gasteiger partial charge in [0.2, 0.25) is 0 Å². The number of fused-ring (bicyclic) bond motifs is 1. The summed E-state index contributed by atoms with van der Waals surface area (Å²) < 4.78 is 0. The van der Waals surface area contributed by atoms with Crippen molar-refractivity contribution in [2.45, 2.75) is 13.0 Å². The number of nitrogens with one attached hydrogen (secondary N) is 1. The van der Waals surface area contributed by atoms with Gasteiger partial charge in [0.1, 0.15) is 0 Å². The van der Waals surface area contributed by atoms with Crippen LogP contribution in [-0.4, -0.2) is 16.2 Å². The summed E-state index contributed by atoms with van der Waals surface area (Å²) >= 11 is 5.98. The summed E-state index contributed by atoms with van der Waals surface area (Å²) in [5.74, 6) is 0.729. The second kappa shape index (κ2) is 4.49. The summed E-state index contributed by atoms with van der Waals surface area (Å²) in [7, 11) is 0. The molecule has 0 aliphatic rings. The minimum Gasteiger partial charge on any atom is -0.362 e. The lowest BCUT2D eigenvalue weighted by molar-refractivity contribution is 0.955. The number of hydrogen-bond acceptors (Lipinski definition) is 3. The molecule has 0 spiro atoms. The van der Waals surface area contributed by atoms with E-state index in [0.29, 0.717) is 5.15 Å². The number of rotatable bonds is 3. The van der Waals surface area contributed by atoms with Gasteiger partial charge in [0.25, 0.3) is 0 Å². The first-order valence-corrected chi connectivity index (χ1v) is 5.40. The monoisotopic (exact) mass is 233 g/mol. The van der Waals surface area contributed by atoms with E-state index in [1.165, 1.54) is 0 Å². The van der Waals surface area contributed by atoms with Crippen molar-refractivity contribution in [1.82, 2.24) is 10.2 Å². The maximum absolute atomic E-state index is 5.98. The molecular weight excluding hydrogens is 222 g/mol. The number of benzene rings is 1. The molecule has 1 heterocycles. The van der Waals surface area contributed by atoms with Crippen molar-refractivity contribution in [3.63, 3.8) is 0 Å². The minimum atomic E-state index is 0.138. The van der Waals surface area contributed by atoms with Gasteiger partial charge in [-0.1, -0.05) is 41.9 Å². The number of hydrogen-bond donors (Lipinski definition) is 1. The second-order valence-electron chi connectivity index (χ2n) is 3.55. The minimum absolute atomic E-state index is 0.138. The average Bonchev–Trinajstić information content (AvgIpc) is 2.33. The molecule has 2 rings (SSSR count). The number of aromatic nitrogens is 2. The van der Waals surface area contributed by atoms with Crippen LogP contribution in [0.2, 0.25) is 5.15 Å². The molecule has 82 valence electrons. The standard InChI is InChI=1S/C12H12ClN3/c1-3-8(2)14-12-10-7-5-4-6-9(10)11(13)15-16-12/h3-8H,1H2,2H3,(H,14,16). The van der Waals surface area contributed by atoms with Crippen LogP contribution < -0.4 is 5.32 Å². The van der Waals surface area contributed by atoms with Crippen LogP contribution in [0.5, 0.6) is 0 Å². The molecule has 4 heteroatoms. The molecule has 0 amide bonds. The van der Waals surface area contributed by atoms with Gasteiger partial charge < -0.3 is 5.32 Å². The lowest BCUT2D eigenvalue weighted by atomic mass is 10.2. The van der Waals surface area contributed by atoms with Crippen molar-refractivity contribution in [3.8, 4) is 0 Å². The fraction of sp³-hybridized carbons (Fsp3) is 0.167. The van der Waals surface area contributed by atoms with Crippen molar-refractivity contribution < 1.29 is 0 Å². The maximum atomic E-state index is 5.98. The topological polar surface area (TPSA) is 37.8 Å². The highest BCUT2D eigenvalue weighted by atomic mass is 35.5. The Morgan fingerprint density at radius 2 is 2.00 bits per heavy atom. The molecule has 0 bridgehead atoms. The van der Waals surface area contributed by atoms with E-state index >= 15 is 0 Å². The Kier molecular flexibility index (Phi) is 3.06. The van der Waals surface area contributed by atoms with Gasteiger partial charge in [-0.15, -0.1) is 16.8 Å². The third-order valence-corrected chi connectivity index (χ3v) is 2.64. The van der Waals surface area contributed by atoms with Crippen molar-refractivity contribution >= 4 is 28.2 Å². The molecule has 0 aliphatic carbocycles. The fourth-order valence-corrected chi connectivity index (χ4v) is 1.65. The van der Waals surface area contributed by atoms with E-state index < -0.39 is 0 Å². The SMILES string of the molecule is C=CC(C)Nc1nnc(Cl)c2ccccc12. The van der Waals surface area contributed by atoms with E-state index in [9.17, 15) is 0 Å². The van der Waals surface area contributed by atoms with Gasteiger partial charge in [-0.2, -0.15) is 0 Å². The highest BCUT2D eigenvalue weighted by Gasteiger charge is 2.07. The van der Waals surface area contributed by atoms with Crippen LogP contribution in [0.25, 0.3) is 10.8 Å². The molecule has 1 aromatic carbocycles. The molecule has 1 N–H and O–H groups in total. The molecule has 1 atom stereocenters. The summed E-state index contributed by atoms with van der Waals surface area (Å²) in [6.07, 6.45) is 1.81. The van der Waals surface area contributed by atoms with Gasteiger partial charge >= 0.3 is 0 Å². The Bertz CT molecular complexity index is 525. The van der Waals surface area contributed by atoms with Gasteiger partial charge in [0.05, 0.1) is 0 Å². The third kappa shape index (κ3) is 1.99. The Balaban J connectivity index is 2.54.